The second-order valence-electron chi connectivity index (χ2n) is 9.77. The summed E-state index contributed by atoms with van der Waals surface area (Å²) in [5.41, 5.74) is 0. The van der Waals surface area contributed by atoms with E-state index in [1.165, 1.54) is 29.5 Å². The molecule has 0 spiro atoms. The van der Waals surface area contributed by atoms with E-state index in [9.17, 15) is 23.1 Å². The zero-order chi connectivity index (χ0) is 27.6. The Morgan fingerprint density at radius 1 is 1.13 bits per heavy atom. The van der Waals surface area contributed by atoms with E-state index >= 15 is 0 Å². The maximum atomic E-state index is 13.1. The maximum Gasteiger partial charge on any atom is 0.262 e. The summed E-state index contributed by atoms with van der Waals surface area (Å²) >= 11 is 13.4. The summed E-state index contributed by atoms with van der Waals surface area (Å²) in [4.78, 5) is 26.5. The van der Waals surface area contributed by atoms with E-state index in [1.54, 1.807) is 6.07 Å². The van der Waals surface area contributed by atoms with Crippen LogP contribution in [0.5, 0.6) is 0 Å². The molecule has 2 heterocycles. The van der Waals surface area contributed by atoms with Gasteiger partial charge < -0.3 is 15.7 Å². The second kappa shape index (κ2) is 11.9. The van der Waals surface area contributed by atoms with Gasteiger partial charge in [-0.15, -0.1) is 11.3 Å². The Morgan fingerprint density at radius 3 is 2.55 bits per heavy atom. The molecule has 0 bridgehead atoms. The first-order valence-electron chi connectivity index (χ1n) is 12.2. The molecule has 3 aromatic rings. The van der Waals surface area contributed by atoms with E-state index in [-0.39, 0.29) is 47.3 Å². The molecule has 3 atom stereocenters. The summed E-state index contributed by atoms with van der Waals surface area (Å²) in [7, 11) is -3.97. The van der Waals surface area contributed by atoms with Gasteiger partial charge in [-0.3, -0.25) is 9.59 Å². The van der Waals surface area contributed by atoms with Gasteiger partial charge in [-0.2, -0.15) is 4.31 Å². The molecule has 2 aromatic carbocycles. The minimum Gasteiger partial charge on any atom is -0.391 e. The molecule has 204 valence electrons. The number of carbonyl (C=O) groups excluding carboxylic acids is 2. The number of sulfonamides is 1. The number of amides is 2. The van der Waals surface area contributed by atoms with Crippen LogP contribution < -0.4 is 10.6 Å². The van der Waals surface area contributed by atoms with Crippen LogP contribution in [0.2, 0.25) is 10.0 Å². The van der Waals surface area contributed by atoms with Crippen molar-refractivity contribution in [3.8, 4) is 0 Å². The number of aliphatic hydroxyl groups excluding tert-OH is 1. The fraction of sp³-hybridized carbons (Fsp3) is 0.385. The molecule has 0 radical (unpaired) electrons. The van der Waals surface area contributed by atoms with Gasteiger partial charge in [0.1, 0.15) is 10.9 Å². The van der Waals surface area contributed by atoms with Gasteiger partial charge in [-0.05, 0) is 48.1 Å². The molecule has 8 nitrogen and oxygen atoms in total. The third kappa shape index (κ3) is 6.50. The Labute approximate surface area is 236 Å². The van der Waals surface area contributed by atoms with Crippen molar-refractivity contribution in [2.75, 3.05) is 19.6 Å². The van der Waals surface area contributed by atoms with Crippen LogP contribution in [-0.2, 0) is 14.8 Å². The van der Waals surface area contributed by atoms with Crippen LogP contribution in [-0.4, -0.2) is 61.4 Å². The smallest absolute Gasteiger partial charge is 0.262 e. The lowest BCUT2D eigenvalue weighted by Gasteiger charge is -2.22. The molecule has 2 amide bonds. The summed E-state index contributed by atoms with van der Waals surface area (Å²) in [5, 5.41) is 17.5. The first kappa shape index (κ1) is 28.8. The number of carbonyl (C=O) groups is 2. The lowest BCUT2D eigenvalue weighted by molar-refractivity contribution is -0.123. The standard InChI is InChI=1S/C26H29Cl2N3O5S2/c1-15(2)9-20(30-26(34)23-10-16-5-3-4-6-22(16)37-23)25(33)29-12-17-13-31(14-21(17)32)38(35,36)24-8-7-18(27)11-19(24)28/h3-8,10-11,15,17,20-21,32H,9,12-14H2,1-2H3,(H,29,33)(H,30,34)/t17-,20+,21+/m1/s1. The van der Waals surface area contributed by atoms with Crippen molar-refractivity contribution >= 4 is 66.5 Å². The molecule has 0 saturated carbocycles. The zero-order valence-corrected chi connectivity index (χ0v) is 24.0. The molecule has 3 N–H and O–H groups in total. The number of nitrogens with zero attached hydrogens (tertiary/aromatic N) is 1. The first-order valence-corrected chi connectivity index (χ1v) is 15.2. The van der Waals surface area contributed by atoms with Crippen LogP contribution in [0, 0.1) is 11.8 Å². The highest BCUT2D eigenvalue weighted by Crippen LogP contribution is 2.31. The van der Waals surface area contributed by atoms with Crippen LogP contribution in [0.1, 0.15) is 29.9 Å². The number of thiophene rings is 1. The van der Waals surface area contributed by atoms with Gasteiger partial charge >= 0.3 is 0 Å². The van der Waals surface area contributed by atoms with Crippen molar-refractivity contribution in [2.24, 2.45) is 11.8 Å². The molecule has 38 heavy (non-hydrogen) atoms. The topological polar surface area (TPSA) is 116 Å². The minimum atomic E-state index is -3.97. The fourth-order valence-corrected chi connectivity index (χ4v) is 7.64. The third-order valence-electron chi connectivity index (χ3n) is 6.40. The number of β-amino-alcohol motifs (C(OH)–C–C–N with tert-alkyl or cyclic N) is 1. The summed E-state index contributed by atoms with van der Waals surface area (Å²) in [6, 6.07) is 12.8. The molecular formula is C26H29Cl2N3O5S2. The molecule has 1 saturated heterocycles. The molecule has 4 rings (SSSR count). The molecule has 0 unspecified atom stereocenters. The van der Waals surface area contributed by atoms with Crippen LogP contribution >= 0.6 is 34.5 Å². The number of hydrogen-bond acceptors (Lipinski definition) is 6. The average molecular weight is 599 g/mol. The molecule has 1 fully saturated rings. The SMILES string of the molecule is CC(C)C[C@H](NC(=O)c1cc2ccccc2s1)C(=O)NC[C@@H]1CN(S(=O)(=O)c2ccc(Cl)cc2Cl)C[C@@H]1O. The number of fused-ring (bicyclic) bond motifs is 1. The Bertz CT molecular complexity index is 1410. The average Bonchev–Trinajstić information content (AvgIpc) is 3.45. The van der Waals surface area contributed by atoms with Gasteiger partial charge in [0, 0.05) is 35.3 Å². The highest BCUT2D eigenvalue weighted by molar-refractivity contribution is 7.89. The Kier molecular flexibility index (Phi) is 9.01. The number of rotatable bonds is 9. The first-order chi connectivity index (χ1) is 18.0. The Hall–Kier alpha value is -2.21. The number of aliphatic hydroxyl groups is 1. The maximum absolute atomic E-state index is 13.1. The third-order valence-corrected chi connectivity index (χ3v) is 10.1. The van der Waals surface area contributed by atoms with Crippen molar-refractivity contribution in [3.63, 3.8) is 0 Å². The van der Waals surface area contributed by atoms with Crippen molar-refractivity contribution in [2.45, 2.75) is 37.3 Å². The van der Waals surface area contributed by atoms with E-state index in [4.69, 9.17) is 23.2 Å². The van der Waals surface area contributed by atoms with Gasteiger partial charge in [-0.25, -0.2) is 8.42 Å². The molecule has 12 heteroatoms. The number of benzene rings is 2. The summed E-state index contributed by atoms with van der Waals surface area (Å²) in [6.45, 7) is 3.84. The van der Waals surface area contributed by atoms with Gasteiger partial charge in [0.2, 0.25) is 15.9 Å². The van der Waals surface area contributed by atoms with Gasteiger partial charge in [0.15, 0.2) is 0 Å². The quantitative estimate of drug-likeness (QED) is 0.343. The van der Waals surface area contributed by atoms with E-state index in [2.05, 4.69) is 10.6 Å². The number of halogens is 2. The highest BCUT2D eigenvalue weighted by Gasteiger charge is 2.39. The Balaban J connectivity index is 1.40. The van der Waals surface area contributed by atoms with E-state index in [1.807, 2.05) is 38.1 Å². The van der Waals surface area contributed by atoms with Crippen LogP contribution in [0.25, 0.3) is 10.1 Å². The zero-order valence-electron chi connectivity index (χ0n) is 20.9. The summed E-state index contributed by atoms with van der Waals surface area (Å²) in [5.74, 6) is -1.11. The van der Waals surface area contributed by atoms with Crippen molar-refractivity contribution in [3.05, 3.63) is 63.5 Å². The lowest BCUT2D eigenvalue weighted by atomic mass is 10.0. The predicted molar refractivity (Wildman–Crippen MR) is 150 cm³/mol. The van der Waals surface area contributed by atoms with E-state index in [0.717, 1.165) is 14.4 Å². The second-order valence-corrected chi connectivity index (χ2v) is 13.6. The lowest BCUT2D eigenvalue weighted by Crippen LogP contribution is -2.49. The van der Waals surface area contributed by atoms with Crippen LogP contribution in [0.15, 0.2) is 53.4 Å². The molecule has 1 aliphatic heterocycles. The van der Waals surface area contributed by atoms with E-state index < -0.39 is 28.1 Å². The molecular weight excluding hydrogens is 569 g/mol. The highest BCUT2D eigenvalue weighted by atomic mass is 35.5. The number of hydrogen-bond donors (Lipinski definition) is 3. The summed E-state index contributed by atoms with van der Waals surface area (Å²) < 4.78 is 28.3. The predicted octanol–water partition coefficient (Wildman–Crippen LogP) is 4.15. The largest absolute Gasteiger partial charge is 0.391 e. The number of nitrogens with one attached hydrogen (secondary N) is 2. The van der Waals surface area contributed by atoms with Crippen molar-refractivity contribution < 1.29 is 23.1 Å². The van der Waals surface area contributed by atoms with Gasteiger partial charge in [-0.1, -0.05) is 55.2 Å². The van der Waals surface area contributed by atoms with Gasteiger partial charge in [0.25, 0.3) is 5.91 Å². The fourth-order valence-electron chi connectivity index (χ4n) is 4.42. The van der Waals surface area contributed by atoms with E-state index in [0.29, 0.717) is 16.3 Å². The van der Waals surface area contributed by atoms with Crippen LogP contribution in [0.3, 0.4) is 0 Å². The van der Waals surface area contributed by atoms with Crippen molar-refractivity contribution in [1.82, 2.24) is 14.9 Å². The normalized spacial score (nSPS) is 19.1. The molecule has 1 aromatic heterocycles. The Morgan fingerprint density at radius 2 is 1.87 bits per heavy atom. The molecule has 1 aliphatic rings. The van der Waals surface area contributed by atoms with Gasteiger partial charge in [0.05, 0.1) is 16.0 Å². The summed E-state index contributed by atoms with van der Waals surface area (Å²) in [6.07, 6.45) is -0.557. The minimum absolute atomic E-state index is 0.00496. The molecule has 0 aliphatic carbocycles. The van der Waals surface area contributed by atoms with Crippen LogP contribution in [0.4, 0.5) is 0 Å². The monoisotopic (exact) mass is 597 g/mol. The van der Waals surface area contributed by atoms with Crippen molar-refractivity contribution in [1.29, 1.82) is 0 Å².